The fourth-order valence-electron chi connectivity index (χ4n) is 6.17. The molecule has 0 atom stereocenters. The van der Waals surface area contributed by atoms with Crippen molar-refractivity contribution < 1.29 is 321 Å². The Labute approximate surface area is 670 Å². The second kappa shape index (κ2) is 104. The topological polar surface area (TPSA) is 311 Å². The van der Waals surface area contributed by atoms with Gasteiger partial charge in [-0.25, -0.2) is 9.97 Å². The Morgan fingerprint density at radius 1 is 0.537 bits per heavy atom. The van der Waals surface area contributed by atoms with E-state index in [0.717, 1.165) is 22.9 Å². The minimum atomic E-state index is -3.62. The summed E-state index contributed by atoms with van der Waals surface area (Å²) < 4.78 is 312. The number of fused-ring (bicyclic) bond motifs is 2. The van der Waals surface area contributed by atoms with Gasteiger partial charge in [0.15, 0.2) is 0 Å². The number of halogens is 33. The molecule has 108 heavy (non-hydrogen) atoms. The number of amides is 2. The normalized spacial score (nSPS) is 8.36. The molecule has 6 aromatic heterocycles. The predicted octanol–water partition coefficient (Wildman–Crippen LogP) is 12.9. The largest absolute Gasteiger partial charge is 1.00 e. The average Bonchev–Trinajstić information content (AvgIpc) is 1.74. The first-order valence-electron chi connectivity index (χ1n) is 24.6. The van der Waals surface area contributed by atoms with Crippen LogP contribution in [-0.2, 0) is 51.4 Å². The first-order chi connectivity index (χ1) is 51.0. The number of aromatic nitrogens is 8. The number of carbonyl (C=O) groups excluding carboxylic acids is 3. The van der Waals surface area contributed by atoms with Crippen molar-refractivity contribution in [1.82, 2.24) is 39.1 Å². The van der Waals surface area contributed by atoms with Gasteiger partial charge in [-0.2, -0.15) is 18.4 Å². The average molecular weight is 1740 g/mol. The van der Waals surface area contributed by atoms with Crippen LogP contribution in [0.1, 0.15) is 73.0 Å². The van der Waals surface area contributed by atoms with Crippen LogP contribution in [0.4, 0.5) is 162 Å². The third-order valence-corrected chi connectivity index (χ3v) is 10.2. The molecule has 0 aliphatic rings. The van der Waals surface area contributed by atoms with Gasteiger partial charge in [0.1, 0.15) is 35.9 Å². The molecule has 0 saturated carbocycles. The van der Waals surface area contributed by atoms with Crippen molar-refractivity contribution in [2.24, 2.45) is 0 Å². The third kappa shape index (κ3) is 66.2. The third-order valence-electron chi connectivity index (χ3n) is 9.61. The molecule has 2 aromatic carbocycles. The summed E-state index contributed by atoms with van der Waals surface area (Å²) in [6.07, 6.45) is 7.98. The molecule has 6 heterocycles. The molecule has 3 N–H and O–H groups in total. The number of aliphatic hydroxyl groups is 1. The van der Waals surface area contributed by atoms with Crippen molar-refractivity contribution >= 4 is 51.1 Å². The first-order valence-corrected chi connectivity index (χ1v) is 26.4. The number of nitrogens with zero attached hydrogens (tertiary/aromatic N) is 8. The first kappa shape index (κ1) is 137. The maximum atomic E-state index is 12.9. The number of nitrogens with one attached hydrogen (secondary N) is 2. The van der Waals surface area contributed by atoms with E-state index in [4.69, 9.17) is 185 Å². The Morgan fingerprint density at radius 3 is 1.14 bits per heavy atom. The number of rotatable bonds is 19. The summed E-state index contributed by atoms with van der Waals surface area (Å²) in [4.78, 5) is 53.9. The van der Waals surface area contributed by atoms with Crippen molar-refractivity contribution in [3.05, 3.63) is 132 Å². The van der Waals surface area contributed by atoms with Gasteiger partial charge in [-0.05, 0) is 89.1 Å². The van der Waals surface area contributed by atoms with E-state index in [1.165, 1.54) is 6.20 Å². The van der Waals surface area contributed by atoms with Crippen LogP contribution < -0.4 is 119 Å². The summed E-state index contributed by atoms with van der Waals surface area (Å²) in [5.41, 5.74) is 6.52. The molecular weight excluding hydrogens is 1680 g/mol. The number of hydrogen-bond acceptors (Lipinski definition) is 20. The summed E-state index contributed by atoms with van der Waals surface area (Å²) in [7, 11) is -3.62. The number of benzene rings is 2. The van der Waals surface area contributed by atoms with Gasteiger partial charge < -0.3 is 50.6 Å². The number of pyridine rings is 2. The Hall–Kier alpha value is -6.82. The number of anilines is 2. The Kier molecular flexibility index (Phi) is 132. The second-order valence-corrected chi connectivity index (χ2v) is 17.6. The molecule has 0 bridgehead atoms. The van der Waals surface area contributed by atoms with Crippen LogP contribution in [0.15, 0.2) is 107 Å². The molecule has 0 unspecified atom stereocenters. The number of ether oxygens (including phenoxy) is 3. The molecule has 0 spiro atoms. The number of carbonyl (C=O) groups is 3. The van der Waals surface area contributed by atoms with Crippen LogP contribution in [0.5, 0.6) is 0 Å². The summed E-state index contributed by atoms with van der Waals surface area (Å²) >= 11 is 0. The van der Waals surface area contributed by atoms with Gasteiger partial charge in [0, 0.05) is 181 Å². The van der Waals surface area contributed by atoms with Gasteiger partial charge in [0.05, 0.1) is 57.3 Å². The van der Waals surface area contributed by atoms with Crippen LogP contribution >= 0.6 is 0 Å². The van der Waals surface area contributed by atoms with Crippen molar-refractivity contribution in [3.63, 3.8) is 0 Å². The summed E-state index contributed by atoms with van der Waals surface area (Å²) in [6, 6.07) is 21.9. The zero-order valence-electron chi connectivity index (χ0n) is 56.5. The van der Waals surface area contributed by atoms with Crippen molar-refractivity contribution in [2.75, 3.05) is 43.3 Å². The SMILES string of the molecule is CC(C)OCCO.Cc1ccc(-c2noc(COCCOC(C)C)n2)cc1NC(=O)c1cnc2ccccn12.Cc1ccc(-c2noc(COS(C)(=O)=O)n2)cc1NC(=O)c1cnc2ccccn12.F.FF.FF.FF.FF.FF.FF.FF.FF.FF.FF.FF.FF.FF.FF.FF.FF.O=CO[O-].[H-].[K+].[K+]. The molecule has 2 amide bonds. The van der Waals surface area contributed by atoms with E-state index in [1.807, 2.05) is 102 Å². The molecule has 0 aliphatic carbocycles. The molecule has 0 aliphatic heterocycles. The monoisotopic (exact) mass is 1730 g/mol. The number of aryl methyl sites for hydroxylation is 2. The van der Waals surface area contributed by atoms with Crippen LogP contribution in [0.2, 0.25) is 0 Å². The fourth-order valence-corrected chi connectivity index (χ4v) is 6.49. The van der Waals surface area contributed by atoms with Crippen molar-refractivity contribution in [2.45, 2.75) is 67.0 Å². The molecular formula is C48H57F33K2N10O14S. The molecule has 0 saturated heterocycles. The van der Waals surface area contributed by atoms with Gasteiger partial charge in [-0.1, -0.05) is 46.7 Å². The minimum absolute atomic E-state index is 0. The fraction of sp³-hybridized carbons (Fsp3) is 0.312. The van der Waals surface area contributed by atoms with Crippen molar-refractivity contribution in [3.8, 4) is 22.8 Å². The number of aliphatic hydroxyl groups excluding tert-OH is 1. The van der Waals surface area contributed by atoms with E-state index < -0.39 is 10.1 Å². The summed E-state index contributed by atoms with van der Waals surface area (Å²) in [6.45, 7) is 12.8. The van der Waals surface area contributed by atoms with Gasteiger partial charge in [-0.15, -0.1) is 0 Å². The zero-order valence-corrected chi connectivity index (χ0v) is 62.5. The molecule has 60 heteroatoms. The molecule has 8 rings (SSSR count). The van der Waals surface area contributed by atoms with Gasteiger partial charge in [-0.3, -0.25) is 32.1 Å². The van der Waals surface area contributed by atoms with Gasteiger partial charge in [0.2, 0.25) is 11.6 Å². The molecule has 24 nitrogen and oxygen atoms in total. The maximum Gasteiger partial charge on any atom is 1.00 e. The number of hydrogen-bond donors (Lipinski definition) is 3. The van der Waals surface area contributed by atoms with E-state index in [1.54, 1.807) is 39.5 Å². The summed E-state index contributed by atoms with van der Waals surface area (Å²) in [5.74, 6) is 0.493. The Balaban J connectivity index is -0.0000000737. The van der Waals surface area contributed by atoms with E-state index in [0.29, 0.717) is 71.2 Å². The summed E-state index contributed by atoms with van der Waals surface area (Å²) in [5, 5.41) is 30.3. The standard InChI is InChI=1S/C23H25N5O4.C19H17N5O5S.C5H12O2.CH2O3.16F2.FH.2K.H/c1-15(2)31-11-10-30-14-21-26-22(27-32-21)17-8-7-16(3)18(12-17)25-23(29)19-13-24-20-6-4-5-9-28(19)20;1-12-6-7-13(18-22-17(29-23-18)11-28-30(2,26)27)9-14(12)21-19(25)15-10-20-16-5-3-4-8-24(15)16;1-5(2)7-4-3-6;2-1-4-3;16*1-2;;;;/h4-9,12-13,15H,10-11,14H2,1-3H3,(H,25,29);3-10H,11H2,1-2H3,(H,21,25);5-6H,3-4H2,1-2H3;1,3H;;;;;;;;;;;;;;;;;1H;;;/q;;;;;;;;;;;;;;;;;;;;;2*+1;-1/p-1. The van der Waals surface area contributed by atoms with Gasteiger partial charge in [0.25, 0.3) is 40.2 Å². The van der Waals surface area contributed by atoms with Crippen LogP contribution in [0.25, 0.3) is 34.1 Å². The predicted molar refractivity (Wildman–Crippen MR) is 300 cm³/mol. The van der Waals surface area contributed by atoms with E-state index in [9.17, 15) is 18.0 Å². The molecule has 8 aromatic rings. The van der Waals surface area contributed by atoms with Gasteiger partial charge >= 0.3 is 103 Å². The molecule has 622 valence electrons. The molecule has 0 radical (unpaired) electrons. The Morgan fingerprint density at radius 2 is 0.852 bits per heavy atom. The van der Waals surface area contributed by atoms with Crippen LogP contribution in [0.3, 0.4) is 0 Å². The van der Waals surface area contributed by atoms with Crippen LogP contribution in [-0.4, -0.2) is 116 Å². The second-order valence-electron chi connectivity index (χ2n) is 15.9. The number of imidazole rings is 2. The van der Waals surface area contributed by atoms with Crippen molar-refractivity contribution in [1.29, 1.82) is 0 Å². The Bertz CT molecular complexity index is 3270. The maximum absolute atomic E-state index is 12.9. The van der Waals surface area contributed by atoms with E-state index >= 15 is 0 Å². The minimum Gasteiger partial charge on any atom is -1.00 e. The smallest absolute Gasteiger partial charge is 1.00 e. The quantitative estimate of drug-likeness (QED) is 0.0129. The van der Waals surface area contributed by atoms with Crippen LogP contribution in [0, 0.1) is 13.8 Å². The van der Waals surface area contributed by atoms with E-state index in [-0.39, 0.29) is 171 Å². The molecule has 0 fully saturated rings. The van der Waals surface area contributed by atoms with E-state index in [2.05, 4.69) is 50.0 Å². The zero-order chi connectivity index (χ0) is 84.9.